The molecule has 2 rings (SSSR count). The van der Waals surface area contributed by atoms with Gasteiger partial charge in [0.25, 0.3) is 0 Å². The minimum atomic E-state index is -3.60. The van der Waals surface area contributed by atoms with Crippen molar-refractivity contribution in [2.45, 2.75) is 17.9 Å². The number of sulfonamides is 1. The first-order valence-electron chi connectivity index (χ1n) is 6.22. The van der Waals surface area contributed by atoms with Crippen molar-refractivity contribution in [1.82, 2.24) is 9.21 Å². The molecular formula is C12H18N2O4S2. The molecule has 2 unspecified atom stereocenters. The van der Waals surface area contributed by atoms with Crippen molar-refractivity contribution < 1.29 is 18.3 Å². The van der Waals surface area contributed by atoms with Crippen LogP contribution in [0.4, 0.5) is 0 Å². The Balaban J connectivity index is 2.25. The summed E-state index contributed by atoms with van der Waals surface area (Å²) in [6.07, 6.45) is 0. The third kappa shape index (κ3) is 2.73. The Kier molecular flexibility index (Phi) is 4.19. The van der Waals surface area contributed by atoms with Crippen LogP contribution in [0.15, 0.2) is 16.3 Å². The van der Waals surface area contributed by atoms with Gasteiger partial charge in [-0.2, -0.15) is 4.31 Å². The summed E-state index contributed by atoms with van der Waals surface area (Å²) >= 11 is 0.935. The Bertz CT molecular complexity index is 609. The summed E-state index contributed by atoms with van der Waals surface area (Å²) in [6.45, 7) is 2.93. The zero-order valence-electron chi connectivity index (χ0n) is 11.6. The molecule has 1 N–H and O–H groups in total. The predicted octanol–water partition coefficient (Wildman–Crippen LogP) is 1.02. The number of likely N-dealkylation sites (N-methyl/N-ethyl adjacent to an activating group) is 1. The van der Waals surface area contributed by atoms with Gasteiger partial charge in [0.1, 0.15) is 4.88 Å². The number of nitrogens with zero attached hydrogens (tertiary/aromatic N) is 2. The quantitative estimate of drug-likeness (QED) is 0.897. The first-order chi connectivity index (χ1) is 9.23. The van der Waals surface area contributed by atoms with Gasteiger partial charge in [-0.15, -0.1) is 11.3 Å². The molecule has 6 nitrogen and oxygen atoms in total. The molecule has 8 heteroatoms. The fraction of sp³-hybridized carbons (Fsp3) is 0.583. The third-order valence-corrected chi connectivity index (χ3v) is 6.50. The van der Waals surface area contributed by atoms with Crippen LogP contribution in [-0.4, -0.2) is 61.9 Å². The molecule has 0 saturated carbocycles. The van der Waals surface area contributed by atoms with Crippen LogP contribution in [0.25, 0.3) is 0 Å². The van der Waals surface area contributed by atoms with Crippen molar-refractivity contribution in [3.63, 3.8) is 0 Å². The predicted molar refractivity (Wildman–Crippen MR) is 76.7 cm³/mol. The number of rotatable bonds is 4. The second kappa shape index (κ2) is 5.44. The Morgan fingerprint density at radius 2 is 2.10 bits per heavy atom. The zero-order chi connectivity index (χ0) is 15.1. The van der Waals surface area contributed by atoms with E-state index < -0.39 is 16.0 Å². The summed E-state index contributed by atoms with van der Waals surface area (Å²) in [5, 5.41) is 10.3. The second-order valence-corrected chi connectivity index (χ2v) is 8.13. The van der Waals surface area contributed by atoms with Gasteiger partial charge in [-0.05, 0) is 26.1 Å². The number of carbonyl (C=O) groups is 1. The van der Waals surface area contributed by atoms with Crippen LogP contribution in [0.3, 0.4) is 0 Å². The fourth-order valence-corrected chi connectivity index (χ4v) is 5.15. The molecule has 1 saturated heterocycles. The minimum Gasteiger partial charge on any atom is -0.477 e. The Hall–Kier alpha value is -0.960. The highest BCUT2D eigenvalue weighted by molar-refractivity contribution is 7.89. The highest BCUT2D eigenvalue weighted by Gasteiger charge is 2.38. The molecule has 0 aliphatic carbocycles. The minimum absolute atomic E-state index is 0.0416. The lowest BCUT2D eigenvalue weighted by Crippen LogP contribution is -2.35. The monoisotopic (exact) mass is 318 g/mol. The highest BCUT2D eigenvalue weighted by atomic mass is 32.2. The van der Waals surface area contributed by atoms with Gasteiger partial charge in [0, 0.05) is 24.5 Å². The maximum atomic E-state index is 12.5. The molecule has 1 aliphatic heterocycles. The summed E-state index contributed by atoms with van der Waals surface area (Å²) in [4.78, 5) is 13.0. The van der Waals surface area contributed by atoms with E-state index in [1.165, 1.54) is 15.8 Å². The first-order valence-corrected chi connectivity index (χ1v) is 8.54. The Labute approximate surface area is 122 Å². The molecular weight excluding hydrogens is 300 g/mol. The third-order valence-electron chi connectivity index (χ3n) is 3.63. The SMILES string of the molecule is CC1CN(S(=O)(=O)c2csc(C(=O)O)c2)CC1N(C)C. The molecule has 1 aromatic heterocycles. The molecule has 0 amide bonds. The van der Waals surface area contributed by atoms with E-state index in [-0.39, 0.29) is 21.7 Å². The van der Waals surface area contributed by atoms with E-state index in [1.807, 2.05) is 25.9 Å². The molecule has 2 atom stereocenters. The zero-order valence-corrected chi connectivity index (χ0v) is 13.2. The summed E-state index contributed by atoms with van der Waals surface area (Å²) in [5.41, 5.74) is 0. The number of hydrogen-bond donors (Lipinski definition) is 1. The number of aromatic carboxylic acids is 1. The first kappa shape index (κ1) is 15.4. The Morgan fingerprint density at radius 1 is 1.45 bits per heavy atom. The van der Waals surface area contributed by atoms with Crippen molar-refractivity contribution in [2.24, 2.45) is 5.92 Å². The number of thiophene rings is 1. The van der Waals surface area contributed by atoms with Crippen LogP contribution in [-0.2, 0) is 10.0 Å². The topological polar surface area (TPSA) is 77.9 Å². The molecule has 1 aliphatic rings. The van der Waals surface area contributed by atoms with E-state index >= 15 is 0 Å². The normalized spacial score (nSPS) is 24.4. The lowest BCUT2D eigenvalue weighted by atomic mass is 10.1. The van der Waals surface area contributed by atoms with Gasteiger partial charge in [-0.1, -0.05) is 6.92 Å². The summed E-state index contributed by atoms with van der Waals surface area (Å²) < 4.78 is 26.5. The molecule has 1 fully saturated rings. The van der Waals surface area contributed by atoms with Crippen molar-refractivity contribution in [1.29, 1.82) is 0 Å². The van der Waals surface area contributed by atoms with E-state index in [0.717, 1.165) is 11.3 Å². The van der Waals surface area contributed by atoms with Crippen LogP contribution in [0, 0.1) is 5.92 Å². The molecule has 20 heavy (non-hydrogen) atoms. The van der Waals surface area contributed by atoms with E-state index in [9.17, 15) is 13.2 Å². The van der Waals surface area contributed by atoms with Gasteiger partial charge in [0.15, 0.2) is 0 Å². The van der Waals surface area contributed by atoms with Crippen LogP contribution >= 0.6 is 11.3 Å². The van der Waals surface area contributed by atoms with Gasteiger partial charge in [0.05, 0.1) is 4.90 Å². The van der Waals surface area contributed by atoms with Crippen LogP contribution in [0.2, 0.25) is 0 Å². The maximum Gasteiger partial charge on any atom is 0.345 e. The average molecular weight is 318 g/mol. The van der Waals surface area contributed by atoms with Crippen molar-refractivity contribution in [3.05, 3.63) is 16.3 Å². The highest BCUT2D eigenvalue weighted by Crippen LogP contribution is 2.28. The van der Waals surface area contributed by atoms with Gasteiger partial charge < -0.3 is 10.0 Å². The van der Waals surface area contributed by atoms with Crippen LogP contribution in [0.5, 0.6) is 0 Å². The van der Waals surface area contributed by atoms with Crippen molar-refractivity contribution in [3.8, 4) is 0 Å². The summed E-state index contributed by atoms with van der Waals surface area (Å²) in [6, 6.07) is 1.41. The van der Waals surface area contributed by atoms with Gasteiger partial charge in [-0.25, -0.2) is 13.2 Å². The molecule has 0 aromatic carbocycles. The van der Waals surface area contributed by atoms with Crippen molar-refractivity contribution >= 4 is 27.3 Å². The lowest BCUT2D eigenvalue weighted by Gasteiger charge is -2.22. The van der Waals surface area contributed by atoms with E-state index in [2.05, 4.69) is 0 Å². The van der Waals surface area contributed by atoms with Gasteiger partial charge >= 0.3 is 5.97 Å². The second-order valence-electron chi connectivity index (χ2n) is 5.28. The van der Waals surface area contributed by atoms with Gasteiger partial charge in [-0.3, -0.25) is 0 Å². The van der Waals surface area contributed by atoms with Crippen molar-refractivity contribution in [2.75, 3.05) is 27.2 Å². The summed E-state index contributed by atoms with van der Waals surface area (Å²) in [7, 11) is 0.273. The average Bonchev–Trinajstić information content (AvgIpc) is 2.94. The Morgan fingerprint density at radius 3 is 2.55 bits per heavy atom. The molecule has 112 valence electrons. The van der Waals surface area contributed by atoms with Crippen LogP contribution in [0.1, 0.15) is 16.6 Å². The molecule has 0 bridgehead atoms. The molecule has 1 aromatic rings. The lowest BCUT2D eigenvalue weighted by molar-refractivity contribution is 0.0702. The maximum absolute atomic E-state index is 12.5. The number of carboxylic acid groups (broad SMARTS) is 1. The molecule has 2 heterocycles. The molecule has 0 radical (unpaired) electrons. The number of carboxylic acids is 1. The van der Waals surface area contributed by atoms with E-state index in [4.69, 9.17) is 5.11 Å². The fourth-order valence-electron chi connectivity index (χ4n) is 2.49. The standard InChI is InChI=1S/C12H18N2O4S2/c1-8-5-14(6-10(8)13(2)3)20(17,18)9-4-11(12(15)16)19-7-9/h4,7-8,10H,5-6H2,1-3H3,(H,15,16). The van der Waals surface area contributed by atoms with E-state index in [1.54, 1.807) is 0 Å². The van der Waals surface area contributed by atoms with Crippen LogP contribution < -0.4 is 0 Å². The largest absolute Gasteiger partial charge is 0.477 e. The van der Waals surface area contributed by atoms with Gasteiger partial charge in [0.2, 0.25) is 10.0 Å². The number of hydrogen-bond acceptors (Lipinski definition) is 5. The molecule has 0 spiro atoms. The summed E-state index contributed by atoms with van der Waals surface area (Å²) in [5.74, 6) is -0.852. The smallest absolute Gasteiger partial charge is 0.345 e. The van der Waals surface area contributed by atoms with E-state index in [0.29, 0.717) is 13.1 Å².